The average Bonchev–Trinajstić information content (AvgIpc) is 2.51. The van der Waals surface area contributed by atoms with Crippen molar-refractivity contribution in [3.05, 3.63) is 48.0 Å². The van der Waals surface area contributed by atoms with Crippen LogP contribution in [0, 0.1) is 17.3 Å². The maximum absolute atomic E-state index is 12.5. The molecule has 23 heavy (non-hydrogen) atoms. The standard InChI is InChI=1S/C20H26O3/c1-14(2)16-10-11-20(3,4)12-17(16)19(22)23-13-18(21)15-8-6-5-7-9-15/h5-9,16-17H,1,10-13H2,2-4H3. The van der Waals surface area contributed by atoms with E-state index in [1.165, 1.54) is 0 Å². The monoisotopic (exact) mass is 314 g/mol. The van der Waals surface area contributed by atoms with Gasteiger partial charge in [0.15, 0.2) is 12.4 Å². The molecule has 0 radical (unpaired) electrons. The largest absolute Gasteiger partial charge is 0.457 e. The van der Waals surface area contributed by atoms with Gasteiger partial charge in [0.25, 0.3) is 0 Å². The number of ether oxygens (including phenoxy) is 1. The molecule has 124 valence electrons. The average molecular weight is 314 g/mol. The molecule has 3 heteroatoms. The van der Waals surface area contributed by atoms with Gasteiger partial charge in [-0.25, -0.2) is 0 Å². The Hall–Kier alpha value is -1.90. The minimum Gasteiger partial charge on any atom is -0.457 e. The minimum atomic E-state index is -0.268. The zero-order valence-electron chi connectivity index (χ0n) is 14.3. The zero-order chi connectivity index (χ0) is 17.0. The lowest BCUT2D eigenvalue weighted by atomic mass is 9.65. The van der Waals surface area contributed by atoms with Gasteiger partial charge in [0, 0.05) is 5.56 Å². The van der Waals surface area contributed by atoms with E-state index in [4.69, 9.17) is 4.74 Å². The molecule has 1 aliphatic rings. The van der Waals surface area contributed by atoms with Crippen molar-refractivity contribution in [2.45, 2.75) is 40.0 Å². The molecule has 0 aromatic heterocycles. The quantitative estimate of drug-likeness (QED) is 0.459. The summed E-state index contributed by atoms with van der Waals surface area (Å²) in [5, 5.41) is 0. The van der Waals surface area contributed by atoms with Gasteiger partial charge < -0.3 is 4.74 Å². The summed E-state index contributed by atoms with van der Waals surface area (Å²) in [4.78, 5) is 24.6. The van der Waals surface area contributed by atoms with E-state index >= 15 is 0 Å². The number of Topliss-reactive ketones (excluding diaryl/α,β-unsaturated/α-hetero) is 1. The Kier molecular flexibility index (Phi) is 5.40. The van der Waals surface area contributed by atoms with E-state index in [9.17, 15) is 9.59 Å². The van der Waals surface area contributed by atoms with Crippen LogP contribution < -0.4 is 0 Å². The molecule has 0 aliphatic heterocycles. The Morgan fingerprint density at radius 2 is 1.87 bits per heavy atom. The fourth-order valence-electron chi connectivity index (χ4n) is 3.38. The van der Waals surface area contributed by atoms with E-state index in [0.29, 0.717) is 5.56 Å². The molecule has 2 unspecified atom stereocenters. The van der Waals surface area contributed by atoms with E-state index < -0.39 is 0 Å². The molecule has 2 rings (SSSR count). The molecule has 1 saturated carbocycles. The summed E-state index contributed by atoms with van der Waals surface area (Å²) in [5.41, 5.74) is 1.72. The van der Waals surface area contributed by atoms with Crippen molar-refractivity contribution in [1.29, 1.82) is 0 Å². The first-order valence-electron chi connectivity index (χ1n) is 8.20. The van der Waals surface area contributed by atoms with Crippen molar-refractivity contribution in [3.63, 3.8) is 0 Å². The van der Waals surface area contributed by atoms with Crippen LogP contribution >= 0.6 is 0 Å². The van der Waals surface area contributed by atoms with Crippen molar-refractivity contribution in [2.75, 3.05) is 6.61 Å². The second-order valence-electron chi connectivity index (χ2n) is 7.36. The van der Waals surface area contributed by atoms with Gasteiger partial charge >= 0.3 is 5.97 Å². The summed E-state index contributed by atoms with van der Waals surface area (Å²) in [6, 6.07) is 8.92. The van der Waals surface area contributed by atoms with Crippen LogP contribution in [0.1, 0.15) is 50.4 Å². The maximum Gasteiger partial charge on any atom is 0.310 e. The summed E-state index contributed by atoms with van der Waals surface area (Å²) in [5.74, 6) is -0.474. The number of rotatable bonds is 5. The van der Waals surface area contributed by atoms with Gasteiger partial charge in [-0.3, -0.25) is 9.59 Å². The highest BCUT2D eigenvalue weighted by Gasteiger charge is 2.40. The zero-order valence-corrected chi connectivity index (χ0v) is 14.3. The van der Waals surface area contributed by atoms with Crippen molar-refractivity contribution in [2.24, 2.45) is 17.3 Å². The first-order valence-corrected chi connectivity index (χ1v) is 8.20. The first kappa shape index (κ1) is 17.5. The predicted octanol–water partition coefficient (Wildman–Crippen LogP) is 4.43. The van der Waals surface area contributed by atoms with Gasteiger partial charge in [0.1, 0.15) is 0 Å². The van der Waals surface area contributed by atoms with Crippen molar-refractivity contribution >= 4 is 11.8 Å². The molecule has 1 aromatic carbocycles. The molecular formula is C20H26O3. The second kappa shape index (κ2) is 7.12. The summed E-state index contributed by atoms with van der Waals surface area (Å²) in [6.45, 7) is 10.2. The maximum atomic E-state index is 12.5. The molecule has 0 bridgehead atoms. The smallest absolute Gasteiger partial charge is 0.310 e. The summed E-state index contributed by atoms with van der Waals surface area (Å²) in [6.07, 6.45) is 2.81. The highest BCUT2D eigenvalue weighted by Crippen LogP contribution is 2.44. The number of hydrogen-bond donors (Lipinski definition) is 0. The lowest BCUT2D eigenvalue weighted by molar-refractivity contribution is -0.151. The highest BCUT2D eigenvalue weighted by atomic mass is 16.5. The normalized spacial score (nSPS) is 23.1. The third-order valence-corrected chi connectivity index (χ3v) is 4.77. The Bertz CT molecular complexity index is 586. The predicted molar refractivity (Wildman–Crippen MR) is 91.2 cm³/mol. The van der Waals surface area contributed by atoms with Gasteiger partial charge in [-0.1, -0.05) is 56.3 Å². The SMILES string of the molecule is C=C(C)C1CCC(C)(C)CC1C(=O)OCC(=O)c1ccccc1. The van der Waals surface area contributed by atoms with Crippen molar-refractivity contribution in [3.8, 4) is 0 Å². The van der Waals surface area contributed by atoms with Crippen LogP contribution in [0.4, 0.5) is 0 Å². The number of ketones is 1. The molecule has 1 aromatic rings. The molecule has 0 saturated heterocycles. The van der Waals surface area contributed by atoms with Crippen LogP contribution in [0.25, 0.3) is 0 Å². The summed E-state index contributed by atoms with van der Waals surface area (Å²) < 4.78 is 5.34. The lowest BCUT2D eigenvalue weighted by Gasteiger charge is -2.39. The third-order valence-electron chi connectivity index (χ3n) is 4.77. The minimum absolute atomic E-state index is 0.124. The van der Waals surface area contributed by atoms with Gasteiger partial charge in [-0.15, -0.1) is 0 Å². The van der Waals surface area contributed by atoms with Crippen LogP contribution in [0.15, 0.2) is 42.5 Å². The fraction of sp³-hybridized carbons (Fsp3) is 0.500. The topological polar surface area (TPSA) is 43.4 Å². The van der Waals surface area contributed by atoms with Gasteiger partial charge in [-0.2, -0.15) is 0 Å². The molecule has 0 spiro atoms. The molecule has 0 N–H and O–H groups in total. The highest BCUT2D eigenvalue weighted by molar-refractivity contribution is 5.98. The Morgan fingerprint density at radius 3 is 2.48 bits per heavy atom. The molecule has 2 atom stereocenters. The Labute approximate surface area is 138 Å². The molecule has 1 aliphatic carbocycles. The van der Waals surface area contributed by atoms with Crippen molar-refractivity contribution < 1.29 is 14.3 Å². The van der Waals surface area contributed by atoms with Crippen LogP contribution in [-0.4, -0.2) is 18.4 Å². The number of esters is 1. The molecule has 3 nitrogen and oxygen atoms in total. The lowest BCUT2D eigenvalue weighted by Crippen LogP contribution is -2.36. The Morgan fingerprint density at radius 1 is 1.22 bits per heavy atom. The van der Waals surface area contributed by atoms with Crippen molar-refractivity contribution in [1.82, 2.24) is 0 Å². The molecule has 1 fully saturated rings. The van der Waals surface area contributed by atoms with E-state index in [1.807, 2.05) is 13.0 Å². The third kappa shape index (κ3) is 4.54. The number of carbonyl (C=O) groups is 2. The van der Waals surface area contributed by atoms with E-state index in [0.717, 1.165) is 24.8 Å². The van der Waals surface area contributed by atoms with Crippen LogP contribution in [0.3, 0.4) is 0 Å². The molecule has 0 heterocycles. The van der Waals surface area contributed by atoms with Gasteiger partial charge in [0.05, 0.1) is 5.92 Å². The van der Waals surface area contributed by atoms with Crippen LogP contribution in [0.5, 0.6) is 0 Å². The van der Waals surface area contributed by atoms with E-state index in [-0.39, 0.29) is 35.6 Å². The Balaban J connectivity index is 2.00. The van der Waals surface area contributed by atoms with Gasteiger partial charge in [-0.05, 0) is 37.5 Å². The molecular weight excluding hydrogens is 288 g/mol. The van der Waals surface area contributed by atoms with Crippen LogP contribution in [0.2, 0.25) is 0 Å². The van der Waals surface area contributed by atoms with Crippen LogP contribution in [-0.2, 0) is 9.53 Å². The first-order chi connectivity index (χ1) is 10.8. The van der Waals surface area contributed by atoms with Gasteiger partial charge in [0.2, 0.25) is 0 Å². The van der Waals surface area contributed by atoms with E-state index in [1.54, 1.807) is 24.3 Å². The second-order valence-corrected chi connectivity index (χ2v) is 7.36. The fourth-order valence-corrected chi connectivity index (χ4v) is 3.38. The summed E-state index contributed by atoms with van der Waals surface area (Å²) in [7, 11) is 0. The number of benzene rings is 1. The number of hydrogen-bond acceptors (Lipinski definition) is 3. The van der Waals surface area contributed by atoms with E-state index in [2.05, 4.69) is 20.4 Å². The number of carbonyl (C=O) groups excluding carboxylic acids is 2. The summed E-state index contributed by atoms with van der Waals surface area (Å²) >= 11 is 0. The molecule has 0 amide bonds. The number of allylic oxidation sites excluding steroid dienone is 1.